The Hall–Kier alpha value is -2.40. The van der Waals surface area contributed by atoms with Crippen LogP contribution in [0.25, 0.3) is 0 Å². The van der Waals surface area contributed by atoms with Crippen LogP contribution in [0.4, 0.5) is 0 Å². The van der Waals surface area contributed by atoms with E-state index in [1.165, 1.54) is 23.5 Å². The van der Waals surface area contributed by atoms with E-state index in [4.69, 9.17) is 13.9 Å². The molecule has 174 valence electrons. The van der Waals surface area contributed by atoms with Gasteiger partial charge in [-0.15, -0.1) is 0 Å². The summed E-state index contributed by atoms with van der Waals surface area (Å²) in [5.74, 6) is 0.665. The molecular formula is C22H29N3O6S. The Bertz CT molecular complexity index is 1010. The van der Waals surface area contributed by atoms with E-state index >= 15 is 0 Å². The van der Waals surface area contributed by atoms with Gasteiger partial charge in [0.05, 0.1) is 32.6 Å². The molecule has 1 atom stereocenters. The van der Waals surface area contributed by atoms with Crippen molar-refractivity contribution in [1.29, 1.82) is 0 Å². The third-order valence-corrected chi connectivity index (χ3v) is 7.84. The van der Waals surface area contributed by atoms with Crippen molar-refractivity contribution in [3.05, 3.63) is 47.9 Å². The first-order chi connectivity index (χ1) is 15.5. The Morgan fingerprint density at radius 1 is 1.16 bits per heavy atom. The summed E-state index contributed by atoms with van der Waals surface area (Å²) in [5.41, 5.74) is 0.261. The molecule has 0 saturated carbocycles. The van der Waals surface area contributed by atoms with Crippen LogP contribution >= 0.6 is 0 Å². The highest BCUT2D eigenvalue weighted by Crippen LogP contribution is 2.29. The Balaban J connectivity index is 1.52. The van der Waals surface area contributed by atoms with Crippen molar-refractivity contribution in [1.82, 2.24) is 14.5 Å². The van der Waals surface area contributed by atoms with Gasteiger partial charge in [0.1, 0.15) is 16.4 Å². The molecule has 0 radical (unpaired) electrons. The molecule has 3 heterocycles. The largest absolute Gasteiger partial charge is 0.495 e. The number of hydrogen-bond donors (Lipinski definition) is 1. The Kier molecular flexibility index (Phi) is 7.14. The van der Waals surface area contributed by atoms with E-state index < -0.39 is 10.0 Å². The van der Waals surface area contributed by atoms with Gasteiger partial charge in [-0.2, -0.15) is 4.31 Å². The zero-order valence-corrected chi connectivity index (χ0v) is 19.0. The highest BCUT2D eigenvalue weighted by Gasteiger charge is 2.31. The topological polar surface area (TPSA) is 101 Å². The van der Waals surface area contributed by atoms with E-state index in [0.717, 1.165) is 31.7 Å². The molecule has 2 aliphatic rings. The molecule has 0 aliphatic carbocycles. The van der Waals surface area contributed by atoms with Crippen molar-refractivity contribution >= 4 is 15.9 Å². The van der Waals surface area contributed by atoms with Gasteiger partial charge in [0.25, 0.3) is 5.91 Å². The van der Waals surface area contributed by atoms with Crippen molar-refractivity contribution in [3.63, 3.8) is 0 Å². The molecule has 1 amide bonds. The zero-order valence-electron chi connectivity index (χ0n) is 18.2. The van der Waals surface area contributed by atoms with Crippen molar-refractivity contribution in [2.24, 2.45) is 0 Å². The van der Waals surface area contributed by atoms with E-state index in [1.807, 2.05) is 12.1 Å². The molecule has 1 N–H and O–H groups in total. The maximum atomic E-state index is 13.2. The van der Waals surface area contributed by atoms with Crippen molar-refractivity contribution < 1.29 is 27.1 Å². The van der Waals surface area contributed by atoms with Gasteiger partial charge in [-0.05, 0) is 56.3 Å². The number of carbonyl (C=O) groups is 1. The van der Waals surface area contributed by atoms with E-state index in [9.17, 15) is 13.2 Å². The second kappa shape index (κ2) is 10.0. The third kappa shape index (κ3) is 4.83. The SMILES string of the molecule is COc1ccc(C(=O)NC[C@@H](c2ccco2)N2CCCC2)cc1S(=O)(=O)N1CCOCC1. The number of nitrogens with zero attached hydrogens (tertiary/aromatic N) is 2. The normalized spacial score (nSPS) is 19.0. The number of amides is 1. The lowest BCUT2D eigenvalue weighted by Gasteiger charge is -2.27. The molecule has 1 aromatic heterocycles. The van der Waals surface area contributed by atoms with Crippen molar-refractivity contribution in [2.75, 3.05) is 53.0 Å². The third-order valence-electron chi connectivity index (χ3n) is 5.92. The fourth-order valence-corrected chi connectivity index (χ4v) is 5.77. The molecule has 9 nitrogen and oxygen atoms in total. The molecule has 0 bridgehead atoms. The van der Waals surface area contributed by atoms with Crippen LogP contribution in [0.3, 0.4) is 0 Å². The van der Waals surface area contributed by atoms with E-state index in [-0.39, 0.29) is 41.2 Å². The predicted octanol–water partition coefficient (Wildman–Crippen LogP) is 1.88. The van der Waals surface area contributed by atoms with Crippen LogP contribution < -0.4 is 10.1 Å². The van der Waals surface area contributed by atoms with E-state index in [2.05, 4.69) is 10.2 Å². The molecule has 0 spiro atoms. The number of sulfonamides is 1. The minimum Gasteiger partial charge on any atom is -0.495 e. The van der Waals surface area contributed by atoms with Crippen LogP contribution in [0, 0.1) is 0 Å². The average Bonchev–Trinajstić information content (AvgIpc) is 3.54. The number of benzene rings is 1. The summed E-state index contributed by atoms with van der Waals surface area (Å²) in [4.78, 5) is 15.2. The predicted molar refractivity (Wildman–Crippen MR) is 117 cm³/mol. The number of morpholine rings is 1. The molecule has 2 saturated heterocycles. The molecule has 4 rings (SSSR count). The molecule has 0 unspecified atom stereocenters. The highest BCUT2D eigenvalue weighted by molar-refractivity contribution is 7.89. The lowest BCUT2D eigenvalue weighted by Crippen LogP contribution is -2.40. The molecule has 2 aromatic rings. The van der Waals surface area contributed by atoms with E-state index in [1.54, 1.807) is 12.3 Å². The first kappa shape index (κ1) is 22.8. The monoisotopic (exact) mass is 463 g/mol. The summed E-state index contributed by atoms with van der Waals surface area (Å²) in [6, 6.07) is 8.17. The minimum absolute atomic E-state index is 0.0170. The number of carbonyl (C=O) groups excluding carboxylic acids is 1. The number of hydrogen-bond acceptors (Lipinski definition) is 7. The maximum Gasteiger partial charge on any atom is 0.251 e. The molecule has 32 heavy (non-hydrogen) atoms. The van der Waals surface area contributed by atoms with Gasteiger partial charge in [0.15, 0.2) is 0 Å². The lowest BCUT2D eigenvalue weighted by atomic mass is 10.1. The summed E-state index contributed by atoms with van der Waals surface area (Å²) in [6.45, 7) is 3.48. The maximum absolute atomic E-state index is 13.2. The van der Waals surface area contributed by atoms with Gasteiger partial charge in [-0.25, -0.2) is 8.42 Å². The van der Waals surface area contributed by atoms with E-state index in [0.29, 0.717) is 19.8 Å². The van der Waals surface area contributed by atoms with Gasteiger partial charge in [0.2, 0.25) is 10.0 Å². The second-order valence-electron chi connectivity index (χ2n) is 7.87. The number of nitrogens with one attached hydrogen (secondary N) is 1. The molecule has 2 fully saturated rings. The number of rotatable bonds is 8. The van der Waals surface area contributed by atoms with Gasteiger partial charge < -0.3 is 19.2 Å². The fraction of sp³-hybridized carbons (Fsp3) is 0.500. The van der Waals surface area contributed by atoms with Crippen LogP contribution in [-0.4, -0.2) is 76.6 Å². The Morgan fingerprint density at radius 3 is 2.56 bits per heavy atom. The van der Waals surface area contributed by atoms with Gasteiger partial charge in [0, 0.05) is 25.2 Å². The summed E-state index contributed by atoms with van der Waals surface area (Å²) in [5, 5.41) is 2.95. The number of methoxy groups -OCH3 is 1. The smallest absolute Gasteiger partial charge is 0.251 e. The van der Waals surface area contributed by atoms with Crippen LogP contribution in [-0.2, 0) is 14.8 Å². The van der Waals surface area contributed by atoms with Gasteiger partial charge in [-0.1, -0.05) is 0 Å². The van der Waals surface area contributed by atoms with Crippen LogP contribution in [0.15, 0.2) is 45.9 Å². The van der Waals surface area contributed by atoms with Crippen LogP contribution in [0.1, 0.15) is 35.0 Å². The zero-order chi connectivity index (χ0) is 22.6. The first-order valence-electron chi connectivity index (χ1n) is 10.8. The lowest BCUT2D eigenvalue weighted by molar-refractivity contribution is 0.0729. The number of likely N-dealkylation sites (tertiary alicyclic amines) is 1. The standard InChI is InChI=1S/C22H29N3O6S/c1-29-20-7-6-17(15-21(20)32(27,28)25-10-13-30-14-11-25)22(26)23-16-18(19-5-4-12-31-19)24-8-2-3-9-24/h4-7,12,15,18H,2-3,8-11,13-14,16H2,1H3,(H,23,26)/t18-/m0/s1. The van der Waals surface area contributed by atoms with Crippen molar-refractivity contribution in [2.45, 2.75) is 23.8 Å². The first-order valence-corrected chi connectivity index (χ1v) is 12.3. The average molecular weight is 464 g/mol. The summed E-state index contributed by atoms with van der Waals surface area (Å²) < 4.78 is 43.9. The Labute approximate surface area is 188 Å². The molecule has 10 heteroatoms. The van der Waals surface area contributed by atoms with Crippen LogP contribution in [0.2, 0.25) is 0 Å². The summed E-state index contributed by atoms with van der Waals surface area (Å²) in [6.07, 6.45) is 3.87. The summed E-state index contributed by atoms with van der Waals surface area (Å²) >= 11 is 0. The molecular weight excluding hydrogens is 434 g/mol. The quantitative estimate of drug-likeness (QED) is 0.638. The highest BCUT2D eigenvalue weighted by atomic mass is 32.2. The molecule has 1 aromatic carbocycles. The minimum atomic E-state index is -3.82. The number of furan rings is 1. The van der Waals surface area contributed by atoms with Crippen LogP contribution in [0.5, 0.6) is 5.75 Å². The Morgan fingerprint density at radius 2 is 1.91 bits per heavy atom. The number of ether oxygens (including phenoxy) is 2. The van der Waals surface area contributed by atoms with Gasteiger partial charge >= 0.3 is 0 Å². The second-order valence-corrected chi connectivity index (χ2v) is 9.77. The van der Waals surface area contributed by atoms with Gasteiger partial charge in [-0.3, -0.25) is 9.69 Å². The summed E-state index contributed by atoms with van der Waals surface area (Å²) in [7, 11) is -2.40. The fourth-order valence-electron chi connectivity index (χ4n) is 4.18. The molecule has 2 aliphatic heterocycles. The van der Waals surface area contributed by atoms with Crippen molar-refractivity contribution in [3.8, 4) is 5.75 Å².